The molecular weight excluding hydrogens is 302 g/mol. The molecule has 5 nitrogen and oxygen atoms in total. The molecule has 0 atom stereocenters. The van der Waals surface area contributed by atoms with Gasteiger partial charge in [0.1, 0.15) is 5.75 Å². The fraction of sp³-hybridized carbons (Fsp3) is 0.632. The molecule has 1 fully saturated rings. The fourth-order valence-corrected chi connectivity index (χ4v) is 2.29. The summed E-state index contributed by atoms with van der Waals surface area (Å²) in [7, 11) is 1.79. The standard InChI is InChI=1S/C19H31N3O2/c1-3-11-24-18-7-4-6-17(13-18)14-22-19(20-2)21-10-5-12-23-15-16-8-9-16/h4,6-7,13,16H,3,5,8-12,14-15H2,1-2H3,(H2,20,21,22). The van der Waals surface area contributed by atoms with Crippen molar-refractivity contribution in [3.63, 3.8) is 0 Å². The topological polar surface area (TPSA) is 54.9 Å². The van der Waals surface area contributed by atoms with Gasteiger partial charge in [-0.1, -0.05) is 19.1 Å². The molecule has 1 aromatic carbocycles. The van der Waals surface area contributed by atoms with Crippen LogP contribution in [0.1, 0.15) is 38.2 Å². The molecule has 1 aliphatic rings. The van der Waals surface area contributed by atoms with E-state index in [4.69, 9.17) is 9.47 Å². The maximum absolute atomic E-state index is 5.67. The molecule has 0 bridgehead atoms. The van der Waals surface area contributed by atoms with E-state index in [0.717, 1.165) is 63.4 Å². The van der Waals surface area contributed by atoms with E-state index in [-0.39, 0.29) is 0 Å². The minimum absolute atomic E-state index is 0.723. The van der Waals surface area contributed by atoms with Crippen LogP contribution in [0.3, 0.4) is 0 Å². The van der Waals surface area contributed by atoms with E-state index in [2.05, 4.69) is 34.7 Å². The van der Waals surface area contributed by atoms with Crippen LogP contribution >= 0.6 is 0 Å². The molecule has 0 spiro atoms. The third-order valence-electron chi connectivity index (χ3n) is 3.86. The van der Waals surface area contributed by atoms with Crippen LogP contribution in [0.2, 0.25) is 0 Å². The number of nitrogens with zero attached hydrogens (tertiary/aromatic N) is 1. The highest BCUT2D eigenvalue weighted by atomic mass is 16.5. The van der Waals surface area contributed by atoms with Gasteiger partial charge in [-0.2, -0.15) is 0 Å². The first-order valence-corrected chi connectivity index (χ1v) is 9.05. The molecule has 2 N–H and O–H groups in total. The van der Waals surface area contributed by atoms with Gasteiger partial charge in [-0.25, -0.2) is 0 Å². The van der Waals surface area contributed by atoms with E-state index < -0.39 is 0 Å². The van der Waals surface area contributed by atoms with Gasteiger partial charge in [-0.15, -0.1) is 0 Å². The molecule has 0 unspecified atom stereocenters. The summed E-state index contributed by atoms with van der Waals surface area (Å²) in [5.41, 5.74) is 1.18. The first-order valence-electron chi connectivity index (χ1n) is 9.05. The molecule has 24 heavy (non-hydrogen) atoms. The van der Waals surface area contributed by atoms with Gasteiger partial charge < -0.3 is 20.1 Å². The van der Waals surface area contributed by atoms with Gasteiger partial charge in [0.25, 0.3) is 0 Å². The second kappa shape index (κ2) is 10.9. The van der Waals surface area contributed by atoms with E-state index in [1.54, 1.807) is 7.05 Å². The normalized spacial score (nSPS) is 14.5. The maximum atomic E-state index is 5.67. The van der Waals surface area contributed by atoms with Crippen LogP contribution in [0.25, 0.3) is 0 Å². The highest BCUT2D eigenvalue weighted by Gasteiger charge is 2.20. The molecule has 0 heterocycles. The lowest BCUT2D eigenvalue weighted by molar-refractivity contribution is 0.123. The van der Waals surface area contributed by atoms with Crippen molar-refractivity contribution in [1.29, 1.82) is 0 Å². The van der Waals surface area contributed by atoms with Crippen molar-refractivity contribution in [2.24, 2.45) is 10.9 Å². The zero-order valence-electron chi connectivity index (χ0n) is 15.0. The van der Waals surface area contributed by atoms with Crippen LogP contribution in [-0.4, -0.2) is 39.4 Å². The lowest BCUT2D eigenvalue weighted by Crippen LogP contribution is -2.37. The maximum Gasteiger partial charge on any atom is 0.191 e. The molecule has 1 aromatic rings. The van der Waals surface area contributed by atoms with Gasteiger partial charge in [0.15, 0.2) is 5.96 Å². The van der Waals surface area contributed by atoms with E-state index in [1.807, 2.05) is 12.1 Å². The van der Waals surface area contributed by atoms with Crippen molar-refractivity contribution >= 4 is 5.96 Å². The number of ether oxygens (including phenoxy) is 2. The average molecular weight is 333 g/mol. The predicted molar refractivity (Wildman–Crippen MR) is 98.6 cm³/mol. The van der Waals surface area contributed by atoms with Crippen LogP contribution < -0.4 is 15.4 Å². The van der Waals surface area contributed by atoms with E-state index >= 15 is 0 Å². The Morgan fingerprint density at radius 2 is 2.12 bits per heavy atom. The van der Waals surface area contributed by atoms with E-state index in [0.29, 0.717) is 0 Å². The van der Waals surface area contributed by atoms with Crippen molar-refractivity contribution < 1.29 is 9.47 Å². The Kier molecular flexibility index (Phi) is 8.46. The van der Waals surface area contributed by atoms with Crippen molar-refractivity contribution in [3.05, 3.63) is 29.8 Å². The Morgan fingerprint density at radius 3 is 2.88 bits per heavy atom. The van der Waals surface area contributed by atoms with Gasteiger partial charge >= 0.3 is 0 Å². The van der Waals surface area contributed by atoms with Crippen LogP contribution in [-0.2, 0) is 11.3 Å². The quantitative estimate of drug-likeness (QED) is 0.371. The first-order chi connectivity index (χ1) is 11.8. The lowest BCUT2D eigenvalue weighted by atomic mass is 10.2. The van der Waals surface area contributed by atoms with Crippen molar-refractivity contribution in [3.8, 4) is 5.75 Å². The summed E-state index contributed by atoms with van der Waals surface area (Å²) in [4.78, 5) is 4.25. The van der Waals surface area contributed by atoms with E-state index in [1.165, 1.54) is 18.4 Å². The number of hydrogen-bond acceptors (Lipinski definition) is 3. The summed E-state index contributed by atoms with van der Waals surface area (Å²) in [5.74, 6) is 2.58. The Labute approximate surface area is 145 Å². The second-order valence-electron chi connectivity index (χ2n) is 6.22. The first kappa shape index (κ1) is 18.6. The third kappa shape index (κ3) is 7.68. The summed E-state index contributed by atoms with van der Waals surface area (Å²) >= 11 is 0. The number of nitrogens with one attached hydrogen (secondary N) is 2. The summed E-state index contributed by atoms with van der Waals surface area (Å²) < 4.78 is 11.3. The van der Waals surface area contributed by atoms with Crippen molar-refractivity contribution in [2.75, 3.05) is 33.4 Å². The number of hydrogen-bond donors (Lipinski definition) is 2. The molecule has 0 amide bonds. The van der Waals surface area contributed by atoms with Gasteiger partial charge in [0, 0.05) is 33.4 Å². The molecule has 5 heteroatoms. The Bertz CT molecular complexity index is 501. The Morgan fingerprint density at radius 1 is 1.25 bits per heavy atom. The fourth-order valence-electron chi connectivity index (χ4n) is 2.29. The van der Waals surface area contributed by atoms with Gasteiger partial charge in [0.05, 0.1) is 6.61 Å². The van der Waals surface area contributed by atoms with Crippen LogP contribution in [0, 0.1) is 5.92 Å². The molecule has 0 aliphatic heterocycles. The number of aliphatic imine (C=N–C) groups is 1. The van der Waals surface area contributed by atoms with Crippen LogP contribution in [0.5, 0.6) is 5.75 Å². The average Bonchev–Trinajstić information content (AvgIpc) is 3.43. The van der Waals surface area contributed by atoms with E-state index in [9.17, 15) is 0 Å². The van der Waals surface area contributed by atoms with Gasteiger partial charge in [0.2, 0.25) is 0 Å². The zero-order chi connectivity index (χ0) is 17.0. The SMILES string of the molecule is CCCOc1cccc(CNC(=NC)NCCCOCC2CC2)c1. The second-order valence-corrected chi connectivity index (χ2v) is 6.22. The lowest BCUT2D eigenvalue weighted by Gasteiger charge is -2.13. The molecule has 1 saturated carbocycles. The molecule has 0 aromatic heterocycles. The number of guanidine groups is 1. The van der Waals surface area contributed by atoms with Crippen molar-refractivity contribution in [1.82, 2.24) is 10.6 Å². The summed E-state index contributed by atoms with van der Waals surface area (Å²) in [6.07, 6.45) is 4.70. The molecule has 0 radical (unpaired) electrons. The molecule has 134 valence electrons. The summed E-state index contributed by atoms with van der Waals surface area (Å²) in [5, 5.41) is 6.65. The third-order valence-corrected chi connectivity index (χ3v) is 3.86. The van der Waals surface area contributed by atoms with Gasteiger partial charge in [-0.3, -0.25) is 4.99 Å². The number of benzene rings is 1. The highest BCUT2D eigenvalue weighted by Crippen LogP contribution is 2.28. The Hall–Kier alpha value is -1.75. The smallest absolute Gasteiger partial charge is 0.191 e. The molecular formula is C19H31N3O2. The Balaban J connectivity index is 1.61. The predicted octanol–water partition coefficient (Wildman–Crippen LogP) is 2.96. The largest absolute Gasteiger partial charge is 0.494 e. The van der Waals surface area contributed by atoms with Gasteiger partial charge in [-0.05, 0) is 49.3 Å². The minimum Gasteiger partial charge on any atom is -0.494 e. The highest BCUT2D eigenvalue weighted by molar-refractivity contribution is 5.79. The van der Waals surface area contributed by atoms with Crippen LogP contribution in [0.15, 0.2) is 29.3 Å². The summed E-state index contributed by atoms with van der Waals surface area (Å²) in [6, 6.07) is 8.18. The minimum atomic E-state index is 0.723. The zero-order valence-corrected chi connectivity index (χ0v) is 15.0. The molecule has 2 rings (SSSR count). The number of rotatable bonds is 11. The summed E-state index contributed by atoms with van der Waals surface area (Å²) in [6.45, 7) is 6.20. The molecule has 0 saturated heterocycles. The molecule has 1 aliphatic carbocycles. The van der Waals surface area contributed by atoms with Crippen LogP contribution in [0.4, 0.5) is 0 Å². The monoisotopic (exact) mass is 333 g/mol. The van der Waals surface area contributed by atoms with Crippen molar-refractivity contribution in [2.45, 2.75) is 39.2 Å².